The van der Waals surface area contributed by atoms with E-state index in [1.807, 2.05) is 13.1 Å². The second-order valence-corrected chi connectivity index (χ2v) is 1.83. The highest BCUT2D eigenvalue weighted by Crippen LogP contribution is 2.07. The quantitative estimate of drug-likeness (QED) is 0.609. The molecule has 9 heavy (non-hydrogen) atoms. The van der Waals surface area contributed by atoms with Gasteiger partial charge in [0.1, 0.15) is 5.76 Å². The Labute approximate surface area is 53.8 Å². The Bertz CT molecular complexity index is 183. The SMILES string of the molecule is CNCc1ccc(N)o1. The Kier molecular flexibility index (Phi) is 1.75. The van der Waals surface area contributed by atoms with Crippen LogP contribution in [0.3, 0.4) is 0 Å². The second-order valence-electron chi connectivity index (χ2n) is 1.83. The third-order valence-corrected chi connectivity index (χ3v) is 1.03. The number of anilines is 1. The summed E-state index contributed by atoms with van der Waals surface area (Å²) >= 11 is 0. The van der Waals surface area contributed by atoms with Crippen LogP contribution < -0.4 is 11.1 Å². The Morgan fingerprint density at radius 1 is 1.67 bits per heavy atom. The predicted molar refractivity (Wildman–Crippen MR) is 35.9 cm³/mol. The topological polar surface area (TPSA) is 51.2 Å². The lowest BCUT2D eigenvalue weighted by atomic mass is 10.4. The fourth-order valence-electron chi connectivity index (χ4n) is 0.664. The van der Waals surface area contributed by atoms with Gasteiger partial charge >= 0.3 is 0 Å². The normalized spacial score (nSPS) is 9.89. The van der Waals surface area contributed by atoms with E-state index in [2.05, 4.69) is 5.32 Å². The van der Waals surface area contributed by atoms with Gasteiger partial charge in [0.15, 0.2) is 5.88 Å². The Hall–Kier alpha value is -0.960. The molecular formula is C6H10N2O. The van der Waals surface area contributed by atoms with Gasteiger partial charge < -0.3 is 15.5 Å². The summed E-state index contributed by atoms with van der Waals surface area (Å²) in [5, 5.41) is 2.95. The first-order chi connectivity index (χ1) is 4.33. The van der Waals surface area contributed by atoms with E-state index in [9.17, 15) is 0 Å². The predicted octanol–water partition coefficient (Wildman–Crippen LogP) is 0.581. The highest BCUT2D eigenvalue weighted by Gasteiger charge is 1.94. The van der Waals surface area contributed by atoms with Crippen LogP contribution in [-0.4, -0.2) is 7.05 Å². The van der Waals surface area contributed by atoms with Gasteiger partial charge in [-0.25, -0.2) is 0 Å². The number of nitrogens with two attached hydrogens (primary N) is 1. The summed E-state index contributed by atoms with van der Waals surface area (Å²) in [5.41, 5.74) is 5.31. The largest absolute Gasteiger partial charge is 0.445 e. The molecule has 0 aromatic carbocycles. The fraction of sp³-hybridized carbons (Fsp3) is 0.333. The van der Waals surface area contributed by atoms with E-state index < -0.39 is 0 Å². The molecule has 0 fully saturated rings. The molecule has 0 spiro atoms. The molecule has 0 atom stereocenters. The molecule has 0 radical (unpaired) electrons. The summed E-state index contributed by atoms with van der Waals surface area (Å²) in [6.07, 6.45) is 0. The monoisotopic (exact) mass is 126 g/mol. The van der Waals surface area contributed by atoms with Crippen molar-refractivity contribution in [1.29, 1.82) is 0 Å². The van der Waals surface area contributed by atoms with Crippen LogP contribution in [0.5, 0.6) is 0 Å². The van der Waals surface area contributed by atoms with Crippen molar-refractivity contribution < 1.29 is 4.42 Å². The first-order valence-electron chi connectivity index (χ1n) is 2.81. The molecule has 0 unspecified atom stereocenters. The lowest BCUT2D eigenvalue weighted by molar-refractivity contribution is 0.511. The van der Waals surface area contributed by atoms with Gasteiger partial charge in [-0.3, -0.25) is 0 Å². The van der Waals surface area contributed by atoms with Crippen molar-refractivity contribution in [2.75, 3.05) is 12.8 Å². The number of nitrogens with one attached hydrogen (secondary N) is 1. The van der Waals surface area contributed by atoms with Crippen molar-refractivity contribution in [3.63, 3.8) is 0 Å². The first-order valence-corrected chi connectivity index (χ1v) is 2.81. The average Bonchev–Trinajstić information content (AvgIpc) is 2.17. The molecule has 3 N–H and O–H groups in total. The molecule has 3 nitrogen and oxygen atoms in total. The van der Waals surface area contributed by atoms with Gasteiger partial charge in [-0.2, -0.15) is 0 Å². The molecule has 3 heteroatoms. The second kappa shape index (κ2) is 2.55. The molecule has 0 saturated carbocycles. The van der Waals surface area contributed by atoms with Crippen LogP contribution in [-0.2, 0) is 6.54 Å². The zero-order valence-electron chi connectivity index (χ0n) is 5.35. The lowest BCUT2D eigenvalue weighted by Crippen LogP contribution is -2.03. The maximum Gasteiger partial charge on any atom is 0.190 e. The minimum absolute atomic E-state index is 0.472. The highest BCUT2D eigenvalue weighted by molar-refractivity contribution is 5.24. The van der Waals surface area contributed by atoms with Crippen LogP contribution in [0.1, 0.15) is 5.76 Å². The molecule has 0 bridgehead atoms. The minimum Gasteiger partial charge on any atom is -0.445 e. The van der Waals surface area contributed by atoms with E-state index in [4.69, 9.17) is 10.2 Å². The number of hydrogen-bond acceptors (Lipinski definition) is 3. The van der Waals surface area contributed by atoms with E-state index in [0.29, 0.717) is 5.88 Å². The smallest absolute Gasteiger partial charge is 0.190 e. The van der Waals surface area contributed by atoms with Crippen LogP contribution in [0.15, 0.2) is 16.5 Å². The molecule has 1 aromatic heterocycles. The zero-order valence-corrected chi connectivity index (χ0v) is 5.35. The van der Waals surface area contributed by atoms with Gasteiger partial charge in [0.25, 0.3) is 0 Å². The zero-order chi connectivity index (χ0) is 6.69. The maximum absolute atomic E-state index is 5.31. The van der Waals surface area contributed by atoms with E-state index in [1.54, 1.807) is 6.07 Å². The molecule has 0 aliphatic rings. The van der Waals surface area contributed by atoms with Crippen molar-refractivity contribution >= 4 is 5.88 Å². The molecule has 0 saturated heterocycles. The number of rotatable bonds is 2. The summed E-state index contributed by atoms with van der Waals surface area (Å²) in [6.45, 7) is 0.733. The van der Waals surface area contributed by atoms with E-state index in [-0.39, 0.29) is 0 Å². The van der Waals surface area contributed by atoms with Crippen molar-refractivity contribution in [3.05, 3.63) is 17.9 Å². The standard InChI is InChI=1S/C6H10N2O/c1-8-4-5-2-3-6(7)9-5/h2-3,8H,4,7H2,1H3. The Balaban J connectivity index is 2.61. The summed E-state index contributed by atoms with van der Waals surface area (Å²) in [7, 11) is 1.86. The third-order valence-electron chi connectivity index (χ3n) is 1.03. The molecule has 0 aliphatic carbocycles. The molecule has 0 amide bonds. The van der Waals surface area contributed by atoms with Crippen LogP contribution in [0.2, 0.25) is 0 Å². The molecule has 50 valence electrons. The van der Waals surface area contributed by atoms with Gasteiger partial charge in [0, 0.05) is 6.07 Å². The van der Waals surface area contributed by atoms with Gasteiger partial charge in [-0.1, -0.05) is 0 Å². The van der Waals surface area contributed by atoms with Crippen molar-refractivity contribution in [2.45, 2.75) is 6.54 Å². The van der Waals surface area contributed by atoms with Crippen LogP contribution >= 0.6 is 0 Å². The van der Waals surface area contributed by atoms with E-state index >= 15 is 0 Å². The van der Waals surface area contributed by atoms with Crippen molar-refractivity contribution in [3.8, 4) is 0 Å². The van der Waals surface area contributed by atoms with Crippen LogP contribution in [0, 0.1) is 0 Å². The summed E-state index contributed by atoms with van der Waals surface area (Å²) in [6, 6.07) is 3.60. The molecule has 1 rings (SSSR count). The number of hydrogen-bond donors (Lipinski definition) is 2. The van der Waals surface area contributed by atoms with Gasteiger partial charge in [-0.05, 0) is 13.1 Å². The maximum atomic E-state index is 5.31. The van der Waals surface area contributed by atoms with E-state index in [1.165, 1.54) is 0 Å². The third kappa shape index (κ3) is 1.47. The fourth-order valence-corrected chi connectivity index (χ4v) is 0.664. The van der Waals surface area contributed by atoms with Gasteiger partial charge in [0.05, 0.1) is 6.54 Å². The molecule has 1 aromatic rings. The number of nitrogen functional groups attached to an aromatic ring is 1. The van der Waals surface area contributed by atoms with Gasteiger partial charge in [-0.15, -0.1) is 0 Å². The van der Waals surface area contributed by atoms with Crippen LogP contribution in [0.25, 0.3) is 0 Å². The molecule has 0 aliphatic heterocycles. The molecular weight excluding hydrogens is 116 g/mol. The highest BCUT2D eigenvalue weighted by atomic mass is 16.4. The Morgan fingerprint density at radius 3 is 2.89 bits per heavy atom. The summed E-state index contributed by atoms with van der Waals surface area (Å²) in [4.78, 5) is 0. The summed E-state index contributed by atoms with van der Waals surface area (Å²) < 4.78 is 5.04. The lowest BCUT2D eigenvalue weighted by Gasteiger charge is -1.90. The number of furan rings is 1. The van der Waals surface area contributed by atoms with Crippen LogP contribution in [0.4, 0.5) is 5.88 Å². The summed E-state index contributed by atoms with van der Waals surface area (Å²) in [5.74, 6) is 1.34. The Morgan fingerprint density at radius 2 is 2.44 bits per heavy atom. The van der Waals surface area contributed by atoms with Crippen molar-refractivity contribution in [2.24, 2.45) is 0 Å². The van der Waals surface area contributed by atoms with Crippen molar-refractivity contribution in [1.82, 2.24) is 5.32 Å². The molecule has 1 heterocycles. The van der Waals surface area contributed by atoms with Gasteiger partial charge in [0.2, 0.25) is 0 Å². The minimum atomic E-state index is 0.472. The van der Waals surface area contributed by atoms with E-state index in [0.717, 1.165) is 12.3 Å². The average molecular weight is 126 g/mol. The first kappa shape index (κ1) is 6.16.